The molecule has 2 saturated heterocycles. The lowest BCUT2D eigenvalue weighted by atomic mass is 9.97. The summed E-state index contributed by atoms with van der Waals surface area (Å²) in [5.41, 5.74) is -0.0373. The summed E-state index contributed by atoms with van der Waals surface area (Å²) in [6, 6.07) is 3.70. The lowest BCUT2D eigenvalue weighted by Crippen LogP contribution is -2.74. The Balaban J connectivity index is 2.05. The molecule has 0 saturated carbocycles. The summed E-state index contributed by atoms with van der Waals surface area (Å²) in [7, 11) is 1.58. The SMILES string of the molecule is C=C/C=C(\C=C/C)[C@H]1C(=O)N(Cc2cccc(C(F)(F)F)c2)CC2N1C(=O)CN(C)N2C=O. The highest BCUT2D eigenvalue weighted by atomic mass is 19.4. The van der Waals surface area contributed by atoms with Crippen LogP contribution in [0.4, 0.5) is 13.2 Å². The third-order valence-electron chi connectivity index (χ3n) is 5.60. The predicted molar refractivity (Wildman–Crippen MR) is 115 cm³/mol. The van der Waals surface area contributed by atoms with Crippen molar-refractivity contribution in [2.75, 3.05) is 20.1 Å². The summed E-state index contributed by atoms with van der Waals surface area (Å²) in [4.78, 5) is 41.1. The molecule has 3 rings (SSSR count). The van der Waals surface area contributed by atoms with Crippen molar-refractivity contribution in [2.45, 2.75) is 31.9 Å². The summed E-state index contributed by atoms with van der Waals surface area (Å²) in [5.74, 6) is -0.782. The number of nitrogens with zero attached hydrogens (tertiary/aromatic N) is 4. The van der Waals surface area contributed by atoms with Crippen molar-refractivity contribution in [2.24, 2.45) is 0 Å². The fraction of sp³-hybridized carbons (Fsp3) is 0.348. The van der Waals surface area contributed by atoms with Crippen molar-refractivity contribution in [1.82, 2.24) is 19.8 Å². The maximum Gasteiger partial charge on any atom is 0.416 e. The second kappa shape index (κ2) is 9.62. The Labute approximate surface area is 190 Å². The normalized spacial score (nSPS) is 22.7. The molecular weight excluding hydrogens is 437 g/mol. The minimum Gasteiger partial charge on any atom is -0.332 e. The van der Waals surface area contributed by atoms with E-state index >= 15 is 0 Å². The van der Waals surface area contributed by atoms with Crippen molar-refractivity contribution in [3.8, 4) is 0 Å². The van der Waals surface area contributed by atoms with Crippen LogP contribution in [0.2, 0.25) is 0 Å². The number of carbonyl (C=O) groups excluding carboxylic acids is 3. The highest BCUT2D eigenvalue weighted by Gasteiger charge is 2.49. The quantitative estimate of drug-likeness (QED) is 0.482. The van der Waals surface area contributed by atoms with Gasteiger partial charge in [-0.15, -0.1) is 0 Å². The molecule has 10 heteroatoms. The van der Waals surface area contributed by atoms with Gasteiger partial charge in [0, 0.05) is 13.6 Å². The second-order valence-corrected chi connectivity index (χ2v) is 7.80. The number of benzene rings is 1. The third kappa shape index (κ3) is 4.85. The van der Waals surface area contributed by atoms with E-state index in [4.69, 9.17) is 0 Å². The van der Waals surface area contributed by atoms with Crippen molar-refractivity contribution in [1.29, 1.82) is 0 Å². The summed E-state index contributed by atoms with van der Waals surface area (Å²) in [5, 5.41) is 2.78. The number of piperazine rings is 1. The van der Waals surface area contributed by atoms with E-state index in [2.05, 4.69) is 6.58 Å². The number of fused-ring (bicyclic) bond motifs is 1. The molecule has 7 nitrogen and oxygen atoms in total. The van der Waals surface area contributed by atoms with Gasteiger partial charge in [-0.1, -0.05) is 43.0 Å². The van der Waals surface area contributed by atoms with E-state index in [-0.39, 0.29) is 25.5 Å². The van der Waals surface area contributed by atoms with Crippen LogP contribution in [-0.2, 0) is 27.1 Å². The number of halogens is 3. The van der Waals surface area contributed by atoms with E-state index in [1.54, 1.807) is 32.2 Å². The first-order valence-corrected chi connectivity index (χ1v) is 10.3. The molecule has 1 aromatic rings. The molecule has 0 aromatic heterocycles. The molecule has 0 radical (unpaired) electrons. The number of hydrogen-bond donors (Lipinski definition) is 0. The largest absolute Gasteiger partial charge is 0.416 e. The Morgan fingerprint density at radius 3 is 2.61 bits per heavy atom. The van der Waals surface area contributed by atoms with Crippen LogP contribution < -0.4 is 0 Å². The molecule has 1 aromatic carbocycles. The molecule has 33 heavy (non-hydrogen) atoms. The molecule has 2 heterocycles. The van der Waals surface area contributed by atoms with Gasteiger partial charge in [0.2, 0.25) is 12.3 Å². The highest BCUT2D eigenvalue weighted by molar-refractivity contribution is 5.93. The summed E-state index contributed by atoms with van der Waals surface area (Å²) >= 11 is 0. The predicted octanol–water partition coefficient (Wildman–Crippen LogP) is 2.58. The van der Waals surface area contributed by atoms with Gasteiger partial charge in [-0.05, 0) is 30.2 Å². The first-order valence-electron chi connectivity index (χ1n) is 10.3. The van der Waals surface area contributed by atoms with Crippen molar-refractivity contribution in [3.63, 3.8) is 0 Å². The minimum atomic E-state index is -4.51. The Morgan fingerprint density at radius 1 is 1.27 bits per heavy atom. The van der Waals surface area contributed by atoms with Gasteiger partial charge in [0.15, 0.2) is 0 Å². The van der Waals surface area contributed by atoms with Crippen molar-refractivity contribution in [3.05, 3.63) is 71.8 Å². The molecule has 2 fully saturated rings. The van der Waals surface area contributed by atoms with Crippen molar-refractivity contribution >= 4 is 18.2 Å². The van der Waals surface area contributed by atoms with Crippen LogP contribution >= 0.6 is 0 Å². The van der Waals surface area contributed by atoms with Crippen LogP contribution in [-0.4, -0.2) is 70.4 Å². The van der Waals surface area contributed by atoms with E-state index in [9.17, 15) is 27.6 Å². The number of hydrazine groups is 1. The zero-order valence-corrected chi connectivity index (χ0v) is 18.3. The Kier molecular flexibility index (Phi) is 7.06. The average molecular weight is 462 g/mol. The average Bonchev–Trinajstić information content (AvgIpc) is 2.74. The Morgan fingerprint density at radius 2 is 2.00 bits per heavy atom. The molecule has 176 valence electrons. The number of rotatable bonds is 6. The second-order valence-electron chi connectivity index (χ2n) is 7.80. The fourth-order valence-corrected chi connectivity index (χ4v) is 4.18. The van der Waals surface area contributed by atoms with Gasteiger partial charge < -0.3 is 9.80 Å². The van der Waals surface area contributed by atoms with Crippen LogP contribution in [0.5, 0.6) is 0 Å². The van der Waals surface area contributed by atoms with Crippen LogP contribution in [0.1, 0.15) is 18.1 Å². The van der Waals surface area contributed by atoms with Gasteiger partial charge in [0.05, 0.1) is 18.7 Å². The van der Waals surface area contributed by atoms with E-state index in [1.807, 2.05) is 0 Å². The molecule has 3 amide bonds. The molecule has 0 bridgehead atoms. The van der Waals surface area contributed by atoms with E-state index in [0.717, 1.165) is 12.1 Å². The topological polar surface area (TPSA) is 64.2 Å². The number of hydrogen-bond acceptors (Lipinski definition) is 4. The van der Waals surface area contributed by atoms with Gasteiger partial charge in [-0.3, -0.25) is 19.4 Å². The summed E-state index contributed by atoms with van der Waals surface area (Å²) < 4.78 is 39.5. The zero-order chi connectivity index (χ0) is 24.3. The van der Waals surface area contributed by atoms with Gasteiger partial charge in [0.1, 0.15) is 12.2 Å². The first kappa shape index (κ1) is 24.2. The summed E-state index contributed by atoms with van der Waals surface area (Å²) in [6.45, 7) is 5.18. The molecule has 2 aliphatic heterocycles. The fourth-order valence-electron chi connectivity index (χ4n) is 4.18. The van der Waals surface area contributed by atoms with E-state index < -0.39 is 29.9 Å². The molecule has 2 aliphatic rings. The van der Waals surface area contributed by atoms with Crippen LogP contribution in [0, 0.1) is 0 Å². The van der Waals surface area contributed by atoms with Gasteiger partial charge >= 0.3 is 6.18 Å². The maximum absolute atomic E-state index is 13.6. The molecule has 1 unspecified atom stereocenters. The molecule has 2 atom stereocenters. The molecule has 0 spiro atoms. The van der Waals surface area contributed by atoms with E-state index in [1.165, 1.54) is 38.0 Å². The Bertz CT molecular complexity index is 1000. The third-order valence-corrected chi connectivity index (χ3v) is 5.60. The van der Waals surface area contributed by atoms with Gasteiger partial charge in [0.25, 0.3) is 5.91 Å². The Hall–Kier alpha value is -3.40. The summed E-state index contributed by atoms with van der Waals surface area (Å²) in [6.07, 6.45) is 1.73. The minimum absolute atomic E-state index is 0.0440. The van der Waals surface area contributed by atoms with Crippen LogP contribution in [0.25, 0.3) is 0 Å². The molecule has 0 N–H and O–H groups in total. The standard InChI is InChI=1S/C23H25F3N4O3/c1-4-7-17(8-5-2)21-22(33)28(12-16-9-6-10-18(11-16)23(24,25)26)13-19-29(15-31)27(3)14-20(32)30(19)21/h4-11,15,19,21H,1,12-14H2,2-3H3/b8-5-,17-7+/t19?,21-/m0/s1. The number of amides is 3. The monoisotopic (exact) mass is 462 g/mol. The number of carbonyl (C=O) groups is 3. The molecule has 0 aliphatic carbocycles. The smallest absolute Gasteiger partial charge is 0.332 e. The lowest BCUT2D eigenvalue weighted by Gasteiger charge is -2.53. The number of alkyl halides is 3. The van der Waals surface area contributed by atoms with Crippen LogP contribution in [0.3, 0.4) is 0 Å². The first-order chi connectivity index (χ1) is 15.6. The van der Waals surface area contributed by atoms with Gasteiger partial charge in [-0.25, -0.2) is 5.01 Å². The maximum atomic E-state index is 13.6. The van der Waals surface area contributed by atoms with E-state index in [0.29, 0.717) is 17.5 Å². The molecular formula is C23H25F3N4O3. The van der Waals surface area contributed by atoms with Crippen LogP contribution in [0.15, 0.2) is 60.7 Å². The number of allylic oxidation sites excluding steroid dienone is 3. The number of likely N-dealkylation sites (N-methyl/N-ethyl adjacent to an activating group) is 1. The van der Waals surface area contributed by atoms with Crippen molar-refractivity contribution < 1.29 is 27.6 Å². The lowest BCUT2D eigenvalue weighted by molar-refractivity contribution is -0.194. The highest BCUT2D eigenvalue weighted by Crippen LogP contribution is 2.32. The van der Waals surface area contributed by atoms with Gasteiger partial charge in [-0.2, -0.15) is 13.2 Å². The zero-order valence-electron chi connectivity index (χ0n) is 18.3.